The number of rotatable bonds is 7. The zero-order valence-electron chi connectivity index (χ0n) is 11.6. The molecule has 0 aliphatic carbocycles. The van der Waals surface area contributed by atoms with Gasteiger partial charge < -0.3 is 10.2 Å². The number of amides is 2. The zero-order chi connectivity index (χ0) is 13.5. The number of piperazine rings is 1. The van der Waals surface area contributed by atoms with Crippen LogP contribution in [0.4, 0.5) is 0 Å². The molecule has 0 aromatic heterocycles. The summed E-state index contributed by atoms with van der Waals surface area (Å²) in [5, 5.41) is 2.87. The first kappa shape index (κ1) is 15.3. The molecule has 1 aliphatic heterocycles. The Hall–Kier alpha value is -0.710. The Balaban J connectivity index is 2.78. The van der Waals surface area contributed by atoms with Crippen LogP contribution in [0, 0.1) is 0 Å². The van der Waals surface area contributed by atoms with E-state index in [1.165, 1.54) is 0 Å². The largest absolute Gasteiger partial charge is 0.343 e. The number of carbonyl (C=O) groups excluding carboxylic acids is 2. The summed E-state index contributed by atoms with van der Waals surface area (Å²) in [4.78, 5) is 26.2. The quantitative estimate of drug-likeness (QED) is 0.766. The lowest BCUT2D eigenvalue weighted by molar-refractivity contribution is -0.149. The third-order valence-corrected chi connectivity index (χ3v) is 3.84. The smallest absolute Gasteiger partial charge is 0.245 e. The molecule has 2 atom stereocenters. The van der Waals surface area contributed by atoms with Gasteiger partial charge in [-0.2, -0.15) is 11.8 Å². The fourth-order valence-corrected chi connectivity index (χ4v) is 2.70. The van der Waals surface area contributed by atoms with Crippen molar-refractivity contribution >= 4 is 23.6 Å². The van der Waals surface area contributed by atoms with Crippen molar-refractivity contribution in [1.82, 2.24) is 10.2 Å². The van der Waals surface area contributed by atoms with Crippen molar-refractivity contribution in [3.05, 3.63) is 0 Å². The van der Waals surface area contributed by atoms with E-state index in [-0.39, 0.29) is 23.9 Å². The van der Waals surface area contributed by atoms with Crippen LogP contribution < -0.4 is 5.32 Å². The maximum Gasteiger partial charge on any atom is 0.245 e. The van der Waals surface area contributed by atoms with Crippen molar-refractivity contribution in [1.29, 1.82) is 0 Å². The fraction of sp³-hybridized carbons (Fsp3) is 0.846. The highest BCUT2D eigenvalue weighted by molar-refractivity contribution is 7.98. The third-order valence-electron chi connectivity index (χ3n) is 3.25. The van der Waals surface area contributed by atoms with Crippen LogP contribution in [-0.4, -0.2) is 47.4 Å². The minimum Gasteiger partial charge on any atom is -0.343 e. The van der Waals surface area contributed by atoms with Crippen LogP contribution >= 0.6 is 11.8 Å². The van der Waals surface area contributed by atoms with Gasteiger partial charge in [0.15, 0.2) is 0 Å². The number of thioether (sulfide) groups is 1. The summed E-state index contributed by atoms with van der Waals surface area (Å²) in [6.45, 7) is 4.75. The normalized spacial score (nSPS) is 24.3. The van der Waals surface area contributed by atoms with Gasteiger partial charge in [0, 0.05) is 12.3 Å². The second kappa shape index (κ2) is 7.67. The van der Waals surface area contributed by atoms with Crippen LogP contribution in [0.25, 0.3) is 0 Å². The van der Waals surface area contributed by atoms with E-state index < -0.39 is 0 Å². The Labute approximate surface area is 114 Å². The molecule has 2 amide bonds. The molecule has 0 aromatic rings. The standard InChI is InChI=1S/C13H24N2O2S/c1-4-6-10-13(17)15(8-9-18-3)11(7-5-2)12(16)14-10/h10-11H,4-9H2,1-3H3,(H,14,16). The first-order valence-corrected chi connectivity index (χ1v) is 8.14. The maximum atomic E-state index is 12.4. The second-order valence-corrected chi connectivity index (χ2v) is 5.66. The van der Waals surface area contributed by atoms with Crippen molar-refractivity contribution in [3.8, 4) is 0 Å². The topological polar surface area (TPSA) is 49.4 Å². The predicted molar refractivity (Wildman–Crippen MR) is 75.6 cm³/mol. The highest BCUT2D eigenvalue weighted by Crippen LogP contribution is 2.17. The van der Waals surface area contributed by atoms with Crippen LogP contribution in [0.3, 0.4) is 0 Å². The molecule has 1 fully saturated rings. The van der Waals surface area contributed by atoms with Crippen LogP contribution in [0.15, 0.2) is 0 Å². The van der Waals surface area contributed by atoms with Crippen molar-refractivity contribution in [2.75, 3.05) is 18.6 Å². The van der Waals surface area contributed by atoms with E-state index in [9.17, 15) is 9.59 Å². The molecule has 1 N–H and O–H groups in total. The molecule has 1 heterocycles. The number of hydrogen-bond acceptors (Lipinski definition) is 3. The third kappa shape index (κ3) is 3.64. The van der Waals surface area contributed by atoms with E-state index in [0.29, 0.717) is 6.54 Å². The molecule has 2 unspecified atom stereocenters. The molecule has 5 heteroatoms. The Morgan fingerprint density at radius 2 is 1.89 bits per heavy atom. The van der Waals surface area contributed by atoms with E-state index in [2.05, 4.69) is 5.32 Å². The molecule has 0 aromatic carbocycles. The molecular weight excluding hydrogens is 248 g/mol. The summed E-state index contributed by atoms with van der Waals surface area (Å²) >= 11 is 1.71. The summed E-state index contributed by atoms with van der Waals surface area (Å²) in [5.41, 5.74) is 0. The molecular formula is C13H24N2O2S. The fourth-order valence-electron chi connectivity index (χ4n) is 2.33. The van der Waals surface area contributed by atoms with Crippen LogP contribution in [0.5, 0.6) is 0 Å². The molecule has 1 aliphatic rings. The minimum absolute atomic E-state index is 0.0241. The van der Waals surface area contributed by atoms with Gasteiger partial charge in [-0.15, -0.1) is 0 Å². The molecule has 0 spiro atoms. The minimum atomic E-state index is -0.308. The molecule has 0 radical (unpaired) electrons. The predicted octanol–water partition coefficient (Wildman–Crippen LogP) is 1.65. The van der Waals surface area contributed by atoms with Crippen molar-refractivity contribution in [3.63, 3.8) is 0 Å². The van der Waals surface area contributed by atoms with Gasteiger partial charge in [-0.25, -0.2) is 0 Å². The van der Waals surface area contributed by atoms with Crippen LogP contribution in [0.1, 0.15) is 39.5 Å². The summed E-state index contributed by atoms with van der Waals surface area (Å²) < 4.78 is 0. The van der Waals surface area contributed by atoms with Gasteiger partial charge >= 0.3 is 0 Å². The maximum absolute atomic E-state index is 12.4. The molecule has 1 rings (SSSR count). The van der Waals surface area contributed by atoms with Gasteiger partial charge in [-0.1, -0.05) is 26.7 Å². The van der Waals surface area contributed by atoms with Gasteiger partial charge in [0.2, 0.25) is 11.8 Å². The highest BCUT2D eigenvalue weighted by atomic mass is 32.2. The van der Waals surface area contributed by atoms with E-state index >= 15 is 0 Å². The lowest BCUT2D eigenvalue weighted by Gasteiger charge is -2.39. The molecule has 1 saturated heterocycles. The average Bonchev–Trinajstić information content (AvgIpc) is 2.35. The molecule has 0 bridgehead atoms. The molecule has 4 nitrogen and oxygen atoms in total. The summed E-state index contributed by atoms with van der Waals surface area (Å²) in [6.07, 6.45) is 5.34. The average molecular weight is 272 g/mol. The number of hydrogen-bond donors (Lipinski definition) is 1. The molecule has 18 heavy (non-hydrogen) atoms. The van der Waals surface area contributed by atoms with Gasteiger partial charge in [-0.3, -0.25) is 9.59 Å². The lowest BCUT2D eigenvalue weighted by atomic mass is 10.0. The van der Waals surface area contributed by atoms with E-state index in [1.807, 2.05) is 20.1 Å². The summed E-state index contributed by atoms with van der Waals surface area (Å²) in [6, 6.07) is -0.569. The Kier molecular flexibility index (Phi) is 6.54. The van der Waals surface area contributed by atoms with Gasteiger partial charge in [0.1, 0.15) is 12.1 Å². The number of nitrogens with one attached hydrogen (secondary N) is 1. The first-order chi connectivity index (χ1) is 8.65. The Morgan fingerprint density at radius 1 is 1.22 bits per heavy atom. The zero-order valence-corrected chi connectivity index (χ0v) is 12.4. The Morgan fingerprint density at radius 3 is 2.44 bits per heavy atom. The van der Waals surface area contributed by atoms with Crippen LogP contribution in [-0.2, 0) is 9.59 Å². The van der Waals surface area contributed by atoms with Gasteiger partial charge in [-0.05, 0) is 19.1 Å². The van der Waals surface area contributed by atoms with Crippen molar-refractivity contribution in [2.24, 2.45) is 0 Å². The van der Waals surface area contributed by atoms with Gasteiger partial charge in [0.25, 0.3) is 0 Å². The van der Waals surface area contributed by atoms with E-state index in [4.69, 9.17) is 0 Å². The number of nitrogens with zero attached hydrogens (tertiary/aromatic N) is 1. The first-order valence-electron chi connectivity index (χ1n) is 6.75. The summed E-state index contributed by atoms with van der Waals surface area (Å²) in [5.74, 6) is 1.01. The Bertz CT molecular complexity index is 297. The SMILES string of the molecule is CCCC1NC(=O)C(CCC)N(CCSC)C1=O. The van der Waals surface area contributed by atoms with Crippen molar-refractivity contribution < 1.29 is 9.59 Å². The molecule has 0 saturated carbocycles. The van der Waals surface area contributed by atoms with Gasteiger partial charge in [0.05, 0.1) is 0 Å². The summed E-state index contributed by atoms with van der Waals surface area (Å²) in [7, 11) is 0. The number of carbonyl (C=O) groups is 2. The highest BCUT2D eigenvalue weighted by Gasteiger charge is 2.38. The second-order valence-electron chi connectivity index (χ2n) is 4.68. The van der Waals surface area contributed by atoms with E-state index in [1.54, 1.807) is 16.7 Å². The molecule has 104 valence electrons. The monoisotopic (exact) mass is 272 g/mol. The van der Waals surface area contributed by atoms with Crippen molar-refractivity contribution in [2.45, 2.75) is 51.6 Å². The van der Waals surface area contributed by atoms with Crippen LogP contribution in [0.2, 0.25) is 0 Å². The van der Waals surface area contributed by atoms with E-state index in [0.717, 1.165) is 31.4 Å². The lowest BCUT2D eigenvalue weighted by Crippen LogP contribution is -2.63.